The molecule has 36 heavy (non-hydrogen) atoms. The van der Waals surface area contributed by atoms with Gasteiger partial charge in [0, 0.05) is 22.6 Å². The number of pyridine rings is 1. The summed E-state index contributed by atoms with van der Waals surface area (Å²) in [5, 5.41) is 22.4. The number of allylic oxidation sites excluding steroid dienone is 1. The quantitative estimate of drug-likeness (QED) is 0.497. The molecule has 0 radical (unpaired) electrons. The van der Waals surface area contributed by atoms with Gasteiger partial charge in [-0.3, -0.25) is 9.59 Å². The lowest BCUT2D eigenvalue weighted by atomic mass is 9.67. The number of nitrogens with zero attached hydrogens (tertiary/aromatic N) is 1. The van der Waals surface area contributed by atoms with E-state index in [0.717, 1.165) is 12.0 Å². The fourth-order valence-corrected chi connectivity index (χ4v) is 6.59. The lowest BCUT2D eigenvalue weighted by Crippen LogP contribution is -2.33. The second-order valence-electron chi connectivity index (χ2n) is 10.6. The molecule has 2 aliphatic carbocycles. The Balaban J connectivity index is 1.47. The van der Waals surface area contributed by atoms with Crippen LogP contribution in [0.3, 0.4) is 0 Å². The average Bonchev–Trinajstić information content (AvgIpc) is 2.83. The molecule has 7 heteroatoms. The molecule has 0 amide bonds. The molecule has 0 saturated carbocycles. The van der Waals surface area contributed by atoms with Crippen molar-refractivity contribution in [3.05, 3.63) is 79.6 Å². The van der Waals surface area contributed by atoms with Crippen molar-refractivity contribution in [1.82, 2.24) is 4.57 Å². The van der Waals surface area contributed by atoms with Gasteiger partial charge in [-0.15, -0.1) is 0 Å². The van der Waals surface area contributed by atoms with Crippen molar-refractivity contribution in [2.45, 2.75) is 64.3 Å². The van der Waals surface area contributed by atoms with Gasteiger partial charge in [0.1, 0.15) is 23.1 Å². The second-order valence-corrected chi connectivity index (χ2v) is 10.6. The Hall–Kier alpha value is -3.48. The summed E-state index contributed by atoms with van der Waals surface area (Å²) in [6, 6.07) is 5.22. The van der Waals surface area contributed by atoms with Crippen LogP contribution in [0.4, 0.5) is 8.78 Å². The summed E-state index contributed by atoms with van der Waals surface area (Å²) >= 11 is 0. The molecule has 186 valence electrons. The first-order valence-electron chi connectivity index (χ1n) is 12.5. The molecule has 0 fully saturated rings. The lowest BCUT2D eigenvalue weighted by molar-refractivity contribution is -0.118. The number of carbonyl (C=O) groups is 1. The Kier molecular flexibility index (Phi) is 5.11. The van der Waals surface area contributed by atoms with Gasteiger partial charge in [0.2, 0.25) is 0 Å². The zero-order valence-corrected chi connectivity index (χ0v) is 20.2. The summed E-state index contributed by atoms with van der Waals surface area (Å²) in [5.74, 6) is -2.16. The van der Waals surface area contributed by atoms with Gasteiger partial charge in [0.25, 0.3) is 5.56 Å². The zero-order chi connectivity index (χ0) is 25.5. The third-order valence-electron chi connectivity index (χ3n) is 8.41. The Morgan fingerprint density at radius 3 is 2.42 bits per heavy atom. The van der Waals surface area contributed by atoms with Crippen molar-refractivity contribution < 1.29 is 23.8 Å². The fraction of sp³-hybridized carbons (Fsp3) is 0.379. The molecule has 6 rings (SSSR count). The monoisotopic (exact) mass is 491 g/mol. The molecule has 1 aromatic heterocycles. The van der Waals surface area contributed by atoms with E-state index in [-0.39, 0.29) is 64.2 Å². The first-order valence-corrected chi connectivity index (χ1v) is 12.5. The van der Waals surface area contributed by atoms with Crippen molar-refractivity contribution in [2.24, 2.45) is 5.92 Å². The van der Waals surface area contributed by atoms with Crippen LogP contribution in [-0.2, 0) is 24.1 Å². The molecule has 2 heterocycles. The van der Waals surface area contributed by atoms with Gasteiger partial charge in [0.15, 0.2) is 5.78 Å². The highest BCUT2D eigenvalue weighted by molar-refractivity contribution is 6.09. The first-order chi connectivity index (χ1) is 17.2. The first kappa shape index (κ1) is 23.0. The molecule has 3 aliphatic rings. The van der Waals surface area contributed by atoms with Gasteiger partial charge in [-0.05, 0) is 92.3 Å². The Morgan fingerprint density at radius 2 is 1.64 bits per heavy atom. The minimum absolute atomic E-state index is 0.00400. The van der Waals surface area contributed by atoms with E-state index >= 15 is 0 Å². The van der Waals surface area contributed by atoms with Crippen molar-refractivity contribution >= 4 is 22.4 Å². The summed E-state index contributed by atoms with van der Waals surface area (Å²) in [6.45, 7) is 3.90. The normalized spacial score (nSPS) is 22.8. The highest BCUT2D eigenvalue weighted by atomic mass is 19.1. The number of halogens is 2. The third kappa shape index (κ3) is 3.18. The smallest absolute Gasteiger partial charge is 0.258 e. The predicted molar refractivity (Wildman–Crippen MR) is 132 cm³/mol. The van der Waals surface area contributed by atoms with Gasteiger partial charge < -0.3 is 14.8 Å². The molecule has 1 aliphatic heterocycles. The van der Waals surface area contributed by atoms with Crippen molar-refractivity contribution in [3.8, 4) is 5.75 Å². The van der Waals surface area contributed by atoms with E-state index in [0.29, 0.717) is 41.5 Å². The maximum atomic E-state index is 14.4. The predicted octanol–water partition coefficient (Wildman–Crippen LogP) is 5.64. The van der Waals surface area contributed by atoms with E-state index < -0.39 is 17.6 Å². The molecule has 3 aromatic rings. The number of carbonyl (C=O) groups excluding carboxylic acids is 1. The number of hydrogen-bond acceptors (Lipinski definition) is 4. The highest BCUT2D eigenvalue weighted by Gasteiger charge is 2.41. The molecule has 0 unspecified atom stereocenters. The van der Waals surface area contributed by atoms with E-state index in [1.807, 2.05) is 13.8 Å². The average molecular weight is 492 g/mol. The molecule has 0 bridgehead atoms. The van der Waals surface area contributed by atoms with Crippen LogP contribution in [-0.4, -0.2) is 20.6 Å². The van der Waals surface area contributed by atoms with E-state index in [1.54, 1.807) is 4.57 Å². The van der Waals surface area contributed by atoms with Gasteiger partial charge in [-0.25, -0.2) is 8.78 Å². The largest absolute Gasteiger partial charge is 0.507 e. The molecular formula is C29H27F2NO4. The van der Waals surface area contributed by atoms with Crippen LogP contribution in [0.5, 0.6) is 5.75 Å². The van der Waals surface area contributed by atoms with Crippen molar-refractivity contribution in [2.75, 3.05) is 0 Å². The Bertz CT molecular complexity index is 1570. The van der Waals surface area contributed by atoms with Crippen molar-refractivity contribution in [3.63, 3.8) is 0 Å². The van der Waals surface area contributed by atoms with Crippen LogP contribution < -0.4 is 5.56 Å². The number of hydrogen-bond donors (Lipinski definition) is 2. The summed E-state index contributed by atoms with van der Waals surface area (Å²) in [7, 11) is 0. The Morgan fingerprint density at radius 1 is 0.944 bits per heavy atom. The van der Waals surface area contributed by atoms with Gasteiger partial charge in [-0.2, -0.15) is 0 Å². The number of Topliss-reactive ketones (excluding diaryl/α,β-unsaturated/α-hetero) is 1. The minimum Gasteiger partial charge on any atom is -0.507 e. The standard InChI is InChI=1S/C29H27F2NO4/c1-13-3-5-15-9-17(30)11-21-24(15)23(13)28(35)19(26(21)33)7-8-20-27(34)22-12-18(31)10-16-6-4-14(2)32(25(16)22)29(20)36/h9-14,23,33-34H,3-8H2,1-2H3/t13-,14-,23+/m1/s1. The Labute approximate surface area is 206 Å². The van der Waals surface area contributed by atoms with Crippen LogP contribution >= 0.6 is 0 Å². The van der Waals surface area contributed by atoms with Crippen LogP contribution in [0, 0.1) is 17.6 Å². The van der Waals surface area contributed by atoms with Gasteiger partial charge in [0.05, 0.1) is 17.0 Å². The molecule has 2 N–H and O–H groups in total. The molecule has 2 aromatic carbocycles. The summed E-state index contributed by atoms with van der Waals surface area (Å²) in [5.41, 5.74) is 2.89. The maximum absolute atomic E-state index is 14.4. The molecule has 3 atom stereocenters. The highest BCUT2D eigenvalue weighted by Crippen LogP contribution is 2.47. The van der Waals surface area contributed by atoms with Crippen LogP contribution in [0.1, 0.15) is 72.9 Å². The van der Waals surface area contributed by atoms with Crippen molar-refractivity contribution in [1.29, 1.82) is 0 Å². The van der Waals surface area contributed by atoms with E-state index in [4.69, 9.17) is 0 Å². The molecular weight excluding hydrogens is 464 g/mol. The van der Waals surface area contributed by atoms with E-state index in [2.05, 4.69) is 0 Å². The number of aliphatic hydroxyl groups excluding tert-OH is 1. The molecule has 5 nitrogen and oxygen atoms in total. The lowest BCUT2D eigenvalue weighted by Gasteiger charge is -2.36. The second kappa shape index (κ2) is 8.02. The van der Waals surface area contributed by atoms with Gasteiger partial charge in [-0.1, -0.05) is 6.92 Å². The minimum atomic E-state index is -0.484. The van der Waals surface area contributed by atoms with Crippen LogP contribution in [0.2, 0.25) is 0 Å². The fourth-order valence-electron chi connectivity index (χ4n) is 6.59. The number of aromatic nitrogens is 1. The third-order valence-corrected chi connectivity index (χ3v) is 8.41. The summed E-state index contributed by atoms with van der Waals surface area (Å²) < 4.78 is 30.3. The van der Waals surface area contributed by atoms with E-state index in [9.17, 15) is 28.6 Å². The van der Waals surface area contributed by atoms with E-state index in [1.165, 1.54) is 24.3 Å². The maximum Gasteiger partial charge on any atom is 0.258 e. The number of benzene rings is 2. The SMILES string of the molecule is C[C@@H]1CCc2cc(F)cc3c2[C@H]1C(=O)C(CCc1c(O)c2cc(F)cc4c2n(c1=O)[C@H](C)CC4)=C3O. The topological polar surface area (TPSA) is 79.5 Å². The molecule has 0 spiro atoms. The number of aliphatic hydroxyl groups is 1. The zero-order valence-electron chi connectivity index (χ0n) is 20.2. The summed E-state index contributed by atoms with van der Waals surface area (Å²) in [4.78, 5) is 27.1. The number of aromatic hydroxyl groups is 1. The summed E-state index contributed by atoms with van der Waals surface area (Å²) in [6.07, 6.45) is 2.66. The van der Waals surface area contributed by atoms with Crippen LogP contribution in [0.15, 0.2) is 34.6 Å². The number of aryl methyl sites for hydroxylation is 2. The number of rotatable bonds is 3. The van der Waals surface area contributed by atoms with Gasteiger partial charge >= 0.3 is 0 Å². The number of ketones is 1. The van der Waals surface area contributed by atoms with Crippen LogP contribution in [0.25, 0.3) is 16.7 Å². The molecule has 0 saturated heterocycles.